The summed E-state index contributed by atoms with van der Waals surface area (Å²) in [5.74, 6) is -0.652. The van der Waals surface area contributed by atoms with Crippen molar-refractivity contribution in [3.05, 3.63) is 66.4 Å². The van der Waals surface area contributed by atoms with Gasteiger partial charge in [-0.1, -0.05) is 30.3 Å². The lowest BCUT2D eigenvalue weighted by atomic mass is 10.2. The second kappa shape index (κ2) is 7.74. The summed E-state index contributed by atoms with van der Waals surface area (Å²) < 4.78 is 7.59. The molecule has 0 radical (unpaired) electrons. The summed E-state index contributed by atoms with van der Waals surface area (Å²) in [5, 5.41) is 12.3. The summed E-state index contributed by atoms with van der Waals surface area (Å²) in [6, 6.07) is 16.6. The fourth-order valence-electron chi connectivity index (χ4n) is 2.65. The molecule has 6 nitrogen and oxygen atoms in total. The number of fused-ring (bicyclic) bond motifs is 1. The number of amides is 1. The summed E-state index contributed by atoms with van der Waals surface area (Å²) in [5.41, 5.74) is 1.98. The molecule has 1 amide bonds. The quantitative estimate of drug-likeness (QED) is 0.685. The third kappa shape index (κ3) is 4.22. The minimum absolute atomic E-state index is 0.0609. The third-order valence-electron chi connectivity index (χ3n) is 4.05. The molecule has 3 aromatic rings. The van der Waals surface area contributed by atoms with Gasteiger partial charge in [0.1, 0.15) is 24.9 Å². The van der Waals surface area contributed by atoms with Gasteiger partial charge < -0.3 is 19.7 Å². The standard InChI is InChI=1S/C20H20N2O4/c1-14(20(24)25)21-19(23)12-22-10-9-16-11-17(7-8-18(16)22)26-13-15-5-3-2-4-6-15/h2-11,14H,12-13H2,1H3,(H,21,23)(H,24,25)/t14-/m1/s1. The molecule has 0 spiro atoms. The van der Waals surface area contributed by atoms with Crippen molar-refractivity contribution in [1.29, 1.82) is 0 Å². The highest BCUT2D eigenvalue weighted by Gasteiger charge is 2.14. The maximum atomic E-state index is 12.0. The average molecular weight is 352 g/mol. The van der Waals surface area contributed by atoms with Crippen LogP contribution in [0.5, 0.6) is 5.75 Å². The smallest absolute Gasteiger partial charge is 0.325 e. The fourth-order valence-corrected chi connectivity index (χ4v) is 2.65. The van der Waals surface area contributed by atoms with Crippen molar-refractivity contribution in [1.82, 2.24) is 9.88 Å². The molecule has 26 heavy (non-hydrogen) atoms. The number of rotatable bonds is 7. The van der Waals surface area contributed by atoms with Gasteiger partial charge in [-0.2, -0.15) is 0 Å². The Morgan fingerprint density at radius 1 is 1.15 bits per heavy atom. The number of carbonyl (C=O) groups excluding carboxylic acids is 1. The number of nitrogens with zero attached hydrogens (tertiary/aromatic N) is 1. The maximum absolute atomic E-state index is 12.0. The van der Waals surface area contributed by atoms with Gasteiger partial charge in [-0.05, 0) is 36.8 Å². The molecule has 0 saturated carbocycles. The number of carbonyl (C=O) groups is 2. The molecule has 2 N–H and O–H groups in total. The van der Waals surface area contributed by atoms with Gasteiger partial charge in [-0.25, -0.2) is 0 Å². The van der Waals surface area contributed by atoms with E-state index < -0.39 is 12.0 Å². The summed E-state index contributed by atoms with van der Waals surface area (Å²) in [4.78, 5) is 22.8. The number of aliphatic carboxylic acids is 1. The monoisotopic (exact) mass is 352 g/mol. The highest BCUT2D eigenvalue weighted by molar-refractivity contribution is 5.86. The van der Waals surface area contributed by atoms with Crippen LogP contribution < -0.4 is 10.1 Å². The zero-order valence-electron chi connectivity index (χ0n) is 14.4. The summed E-state index contributed by atoms with van der Waals surface area (Å²) >= 11 is 0. The third-order valence-corrected chi connectivity index (χ3v) is 4.05. The predicted octanol–water partition coefficient (Wildman–Crippen LogP) is 2.81. The van der Waals surface area contributed by atoms with Gasteiger partial charge >= 0.3 is 5.97 Å². The summed E-state index contributed by atoms with van der Waals surface area (Å²) in [7, 11) is 0. The van der Waals surface area contributed by atoms with Crippen LogP contribution in [0, 0.1) is 0 Å². The molecule has 1 aromatic heterocycles. The molecule has 0 bridgehead atoms. The lowest BCUT2D eigenvalue weighted by Crippen LogP contribution is -2.39. The van der Waals surface area contributed by atoms with E-state index in [1.807, 2.05) is 54.6 Å². The molecular formula is C20H20N2O4. The van der Waals surface area contributed by atoms with Crippen molar-refractivity contribution in [2.24, 2.45) is 0 Å². The Kier molecular flexibility index (Phi) is 5.22. The van der Waals surface area contributed by atoms with Crippen molar-refractivity contribution >= 4 is 22.8 Å². The molecule has 1 atom stereocenters. The molecule has 0 aliphatic rings. The number of aromatic nitrogens is 1. The lowest BCUT2D eigenvalue weighted by molar-refractivity contribution is -0.141. The van der Waals surface area contributed by atoms with Gasteiger partial charge in [0.05, 0.1) is 0 Å². The van der Waals surface area contributed by atoms with Gasteiger partial charge in [0.15, 0.2) is 0 Å². The van der Waals surface area contributed by atoms with Crippen LogP contribution in [-0.2, 0) is 22.7 Å². The van der Waals surface area contributed by atoms with Crippen LogP contribution in [-0.4, -0.2) is 27.6 Å². The van der Waals surface area contributed by atoms with E-state index in [9.17, 15) is 9.59 Å². The summed E-state index contributed by atoms with van der Waals surface area (Å²) in [6.45, 7) is 1.98. The van der Waals surface area contributed by atoms with Crippen LogP contribution in [0.4, 0.5) is 0 Å². The number of hydrogen-bond donors (Lipinski definition) is 2. The molecule has 0 saturated heterocycles. The second-order valence-corrected chi connectivity index (χ2v) is 6.07. The van der Waals surface area contributed by atoms with E-state index in [0.29, 0.717) is 6.61 Å². The Morgan fingerprint density at radius 2 is 1.92 bits per heavy atom. The number of nitrogens with one attached hydrogen (secondary N) is 1. The lowest BCUT2D eigenvalue weighted by Gasteiger charge is -2.11. The highest BCUT2D eigenvalue weighted by Crippen LogP contribution is 2.23. The topological polar surface area (TPSA) is 80.6 Å². The molecule has 0 fully saturated rings. The van der Waals surface area contributed by atoms with Crippen LogP contribution in [0.1, 0.15) is 12.5 Å². The average Bonchev–Trinajstić information content (AvgIpc) is 3.02. The Hall–Kier alpha value is -3.28. The van der Waals surface area contributed by atoms with E-state index >= 15 is 0 Å². The van der Waals surface area contributed by atoms with Crippen LogP contribution in [0.3, 0.4) is 0 Å². The van der Waals surface area contributed by atoms with Gasteiger partial charge in [-0.15, -0.1) is 0 Å². The number of hydrogen-bond acceptors (Lipinski definition) is 3. The first-order valence-electron chi connectivity index (χ1n) is 8.31. The SMILES string of the molecule is C[C@@H](NC(=O)Cn1ccc2cc(OCc3ccccc3)ccc21)C(=O)O. The molecule has 134 valence electrons. The number of carboxylic acids is 1. The molecule has 0 aliphatic heterocycles. The van der Waals surface area contributed by atoms with Crippen molar-refractivity contribution < 1.29 is 19.4 Å². The van der Waals surface area contributed by atoms with Crippen molar-refractivity contribution in [3.63, 3.8) is 0 Å². The van der Waals surface area contributed by atoms with Gasteiger partial charge in [0.2, 0.25) is 5.91 Å². The predicted molar refractivity (Wildman–Crippen MR) is 98.0 cm³/mol. The summed E-state index contributed by atoms with van der Waals surface area (Å²) in [6.07, 6.45) is 1.80. The first-order chi connectivity index (χ1) is 12.5. The Morgan fingerprint density at radius 3 is 2.65 bits per heavy atom. The highest BCUT2D eigenvalue weighted by atomic mass is 16.5. The molecule has 6 heteroatoms. The van der Waals surface area contributed by atoms with Crippen LogP contribution >= 0.6 is 0 Å². The van der Waals surface area contributed by atoms with Gasteiger partial charge in [0, 0.05) is 17.1 Å². The normalized spacial score (nSPS) is 11.9. The van der Waals surface area contributed by atoms with E-state index in [1.54, 1.807) is 10.8 Å². The zero-order chi connectivity index (χ0) is 18.5. The van der Waals surface area contributed by atoms with E-state index in [2.05, 4.69) is 5.32 Å². The first-order valence-corrected chi connectivity index (χ1v) is 8.31. The number of carboxylic acid groups (broad SMARTS) is 1. The fraction of sp³-hybridized carbons (Fsp3) is 0.200. The van der Waals surface area contributed by atoms with Crippen molar-refractivity contribution in [2.75, 3.05) is 0 Å². The second-order valence-electron chi connectivity index (χ2n) is 6.07. The molecular weight excluding hydrogens is 332 g/mol. The Bertz CT molecular complexity index is 918. The first kappa shape index (κ1) is 17.5. The van der Waals surface area contributed by atoms with E-state index in [0.717, 1.165) is 22.2 Å². The Balaban J connectivity index is 1.67. The van der Waals surface area contributed by atoms with Crippen LogP contribution in [0.25, 0.3) is 10.9 Å². The van der Waals surface area contributed by atoms with E-state index in [1.165, 1.54) is 6.92 Å². The largest absolute Gasteiger partial charge is 0.489 e. The minimum atomic E-state index is -1.06. The number of ether oxygens (including phenoxy) is 1. The molecule has 2 aromatic carbocycles. The van der Waals surface area contributed by atoms with Crippen molar-refractivity contribution in [3.8, 4) is 5.75 Å². The van der Waals surface area contributed by atoms with E-state index in [4.69, 9.17) is 9.84 Å². The van der Waals surface area contributed by atoms with Crippen molar-refractivity contribution in [2.45, 2.75) is 26.1 Å². The molecule has 0 aliphatic carbocycles. The van der Waals surface area contributed by atoms with E-state index in [-0.39, 0.29) is 12.5 Å². The van der Waals surface area contributed by atoms with Gasteiger partial charge in [-0.3, -0.25) is 9.59 Å². The molecule has 3 rings (SSSR count). The number of benzene rings is 2. The Labute approximate surface area is 151 Å². The van der Waals surface area contributed by atoms with Crippen LogP contribution in [0.2, 0.25) is 0 Å². The molecule has 1 heterocycles. The minimum Gasteiger partial charge on any atom is -0.489 e. The van der Waals surface area contributed by atoms with Crippen LogP contribution in [0.15, 0.2) is 60.8 Å². The zero-order valence-corrected chi connectivity index (χ0v) is 14.4. The maximum Gasteiger partial charge on any atom is 0.325 e. The molecule has 0 unspecified atom stereocenters. The van der Waals surface area contributed by atoms with Gasteiger partial charge in [0.25, 0.3) is 0 Å².